The summed E-state index contributed by atoms with van der Waals surface area (Å²) >= 11 is 0. The number of urea groups is 1. The average Bonchev–Trinajstić information content (AvgIpc) is 3.37. The van der Waals surface area contributed by atoms with E-state index >= 15 is 0 Å². The van der Waals surface area contributed by atoms with Crippen LogP contribution in [0.2, 0.25) is 0 Å². The molecule has 0 bridgehead atoms. The van der Waals surface area contributed by atoms with E-state index in [1.165, 1.54) is 12.1 Å². The third-order valence-corrected chi connectivity index (χ3v) is 5.32. The summed E-state index contributed by atoms with van der Waals surface area (Å²) in [4.78, 5) is 21.3. The Morgan fingerprint density at radius 1 is 1.00 bits per heavy atom. The lowest BCUT2D eigenvalue weighted by molar-refractivity contribution is 0.214. The van der Waals surface area contributed by atoms with Crippen LogP contribution in [-0.2, 0) is 6.54 Å². The predicted octanol–water partition coefficient (Wildman–Crippen LogP) is 4.21. The van der Waals surface area contributed by atoms with Gasteiger partial charge in [-0.1, -0.05) is 30.3 Å². The van der Waals surface area contributed by atoms with E-state index in [1.807, 2.05) is 39.8 Å². The van der Waals surface area contributed by atoms with Crippen molar-refractivity contribution in [2.45, 2.75) is 19.4 Å². The topological polar surface area (TPSA) is 41.4 Å². The van der Waals surface area contributed by atoms with Crippen LogP contribution in [-0.4, -0.2) is 33.6 Å². The number of hydrogen-bond donors (Lipinski definition) is 0. The van der Waals surface area contributed by atoms with Gasteiger partial charge < -0.3 is 4.90 Å². The standard InChI is InChI=1S/C21H19FN4O/c22-16-8-9-17-18(12-16)25(21(27)24-10-4-5-11-24)13-19-20(23-14-26(17)19)15-6-2-1-3-7-15/h1-3,6-9,12,14H,4-5,10-11,13H2. The lowest BCUT2D eigenvalue weighted by Crippen LogP contribution is -2.43. The van der Waals surface area contributed by atoms with Gasteiger partial charge in [-0.15, -0.1) is 0 Å². The van der Waals surface area contributed by atoms with Crippen LogP contribution in [0.3, 0.4) is 0 Å². The predicted molar refractivity (Wildman–Crippen MR) is 101 cm³/mol. The molecule has 0 N–H and O–H groups in total. The fourth-order valence-electron chi connectivity index (χ4n) is 3.97. The molecule has 0 unspecified atom stereocenters. The molecular weight excluding hydrogens is 343 g/mol. The second-order valence-electron chi connectivity index (χ2n) is 6.97. The molecule has 2 aliphatic heterocycles. The first-order chi connectivity index (χ1) is 13.2. The molecular formula is C21H19FN4O. The van der Waals surface area contributed by atoms with Crippen LogP contribution in [0.1, 0.15) is 18.5 Å². The summed E-state index contributed by atoms with van der Waals surface area (Å²) in [5.41, 5.74) is 4.17. The maximum absolute atomic E-state index is 14.0. The number of anilines is 1. The van der Waals surface area contributed by atoms with Gasteiger partial charge in [0.15, 0.2) is 0 Å². The van der Waals surface area contributed by atoms with Gasteiger partial charge in [0.25, 0.3) is 0 Å². The van der Waals surface area contributed by atoms with Gasteiger partial charge in [0.1, 0.15) is 12.1 Å². The van der Waals surface area contributed by atoms with Gasteiger partial charge in [-0.3, -0.25) is 9.47 Å². The highest BCUT2D eigenvalue weighted by atomic mass is 19.1. The van der Waals surface area contributed by atoms with Crippen molar-refractivity contribution in [3.8, 4) is 16.9 Å². The summed E-state index contributed by atoms with van der Waals surface area (Å²) in [5.74, 6) is -0.347. The number of likely N-dealkylation sites (tertiary alicyclic amines) is 1. The Bertz CT molecular complexity index is 1010. The number of amides is 2. The molecule has 136 valence electrons. The number of hydrogen-bond acceptors (Lipinski definition) is 2. The van der Waals surface area contributed by atoms with Crippen molar-refractivity contribution in [2.75, 3.05) is 18.0 Å². The van der Waals surface area contributed by atoms with Crippen molar-refractivity contribution in [3.05, 3.63) is 66.4 Å². The van der Waals surface area contributed by atoms with Gasteiger partial charge in [-0.2, -0.15) is 0 Å². The largest absolute Gasteiger partial charge is 0.324 e. The molecule has 1 saturated heterocycles. The first-order valence-electron chi connectivity index (χ1n) is 9.20. The molecule has 3 aromatic rings. The molecule has 3 heterocycles. The summed E-state index contributed by atoms with van der Waals surface area (Å²) < 4.78 is 15.9. The molecule has 0 saturated carbocycles. The van der Waals surface area contributed by atoms with Crippen LogP contribution in [0, 0.1) is 5.82 Å². The lowest BCUT2D eigenvalue weighted by atomic mass is 10.1. The van der Waals surface area contributed by atoms with Crippen LogP contribution in [0.15, 0.2) is 54.9 Å². The third kappa shape index (κ3) is 2.60. The average molecular weight is 362 g/mol. The number of imidazole rings is 1. The van der Waals surface area contributed by atoms with Gasteiger partial charge in [-0.05, 0) is 31.0 Å². The summed E-state index contributed by atoms with van der Waals surface area (Å²) in [7, 11) is 0. The minimum atomic E-state index is -0.347. The minimum absolute atomic E-state index is 0.0641. The number of fused-ring (bicyclic) bond motifs is 3. The zero-order valence-corrected chi connectivity index (χ0v) is 14.8. The quantitative estimate of drug-likeness (QED) is 0.651. The molecule has 1 fully saturated rings. The second kappa shape index (κ2) is 6.23. The number of carbonyl (C=O) groups is 1. The first-order valence-corrected chi connectivity index (χ1v) is 9.20. The number of rotatable bonds is 1. The van der Waals surface area contributed by atoms with E-state index in [-0.39, 0.29) is 11.8 Å². The Kier molecular flexibility index (Phi) is 3.70. The molecule has 0 atom stereocenters. The van der Waals surface area contributed by atoms with Crippen LogP contribution < -0.4 is 4.90 Å². The highest BCUT2D eigenvalue weighted by molar-refractivity contribution is 5.95. The SMILES string of the molecule is O=C(N1CCCC1)N1Cc2c(-c3ccccc3)ncn2-c2ccc(F)cc21. The molecule has 6 heteroatoms. The van der Waals surface area contributed by atoms with Gasteiger partial charge in [0.2, 0.25) is 0 Å². The highest BCUT2D eigenvalue weighted by Crippen LogP contribution is 2.37. The first kappa shape index (κ1) is 16.1. The summed E-state index contributed by atoms with van der Waals surface area (Å²) in [6.07, 6.45) is 3.79. The van der Waals surface area contributed by atoms with E-state index in [9.17, 15) is 9.18 Å². The normalized spacial score (nSPS) is 15.6. The number of nitrogens with zero attached hydrogens (tertiary/aromatic N) is 4. The molecule has 2 aromatic carbocycles. The van der Waals surface area contributed by atoms with Crippen molar-refractivity contribution < 1.29 is 9.18 Å². The van der Waals surface area contributed by atoms with Gasteiger partial charge >= 0.3 is 6.03 Å². The van der Waals surface area contributed by atoms with E-state index in [0.29, 0.717) is 12.2 Å². The molecule has 0 radical (unpaired) electrons. The number of aromatic nitrogens is 2. The highest BCUT2D eigenvalue weighted by Gasteiger charge is 2.33. The summed E-state index contributed by atoms with van der Waals surface area (Å²) in [6.45, 7) is 1.88. The van der Waals surface area contributed by atoms with Crippen molar-refractivity contribution in [3.63, 3.8) is 0 Å². The monoisotopic (exact) mass is 362 g/mol. The zero-order chi connectivity index (χ0) is 18.4. The Labute approximate surface area is 156 Å². The van der Waals surface area contributed by atoms with Crippen molar-refractivity contribution in [2.24, 2.45) is 0 Å². The van der Waals surface area contributed by atoms with Crippen LogP contribution in [0.5, 0.6) is 0 Å². The zero-order valence-electron chi connectivity index (χ0n) is 14.8. The van der Waals surface area contributed by atoms with Gasteiger partial charge in [-0.25, -0.2) is 14.2 Å². The Morgan fingerprint density at radius 2 is 1.78 bits per heavy atom. The number of halogens is 1. The van der Waals surface area contributed by atoms with Crippen molar-refractivity contribution >= 4 is 11.7 Å². The smallest absolute Gasteiger partial charge is 0.324 e. The molecule has 2 amide bonds. The fraction of sp³-hybridized carbons (Fsp3) is 0.238. The molecule has 0 aliphatic carbocycles. The molecule has 27 heavy (non-hydrogen) atoms. The third-order valence-electron chi connectivity index (χ3n) is 5.32. The molecule has 5 rings (SSSR count). The Balaban J connectivity index is 1.64. The van der Waals surface area contributed by atoms with E-state index in [1.54, 1.807) is 17.3 Å². The van der Waals surface area contributed by atoms with Gasteiger partial charge in [0, 0.05) is 18.7 Å². The van der Waals surface area contributed by atoms with Crippen molar-refractivity contribution in [1.82, 2.24) is 14.5 Å². The Hall–Kier alpha value is -3.15. The lowest BCUT2D eigenvalue weighted by Gasteiger charge is -2.33. The number of carbonyl (C=O) groups excluding carboxylic acids is 1. The van der Waals surface area contributed by atoms with E-state index < -0.39 is 0 Å². The maximum Gasteiger partial charge on any atom is 0.324 e. The van der Waals surface area contributed by atoms with Crippen LogP contribution in [0.4, 0.5) is 14.9 Å². The minimum Gasteiger partial charge on any atom is -0.324 e. The van der Waals surface area contributed by atoms with Crippen LogP contribution >= 0.6 is 0 Å². The molecule has 1 aromatic heterocycles. The fourth-order valence-corrected chi connectivity index (χ4v) is 3.97. The maximum atomic E-state index is 14.0. The summed E-state index contributed by atoms with van der Waals surface area (Å²) in [6, 6.07) is 14.4. The number of benzene rings is 2. The van der Waals surface area contributed by atoms with Gasteiger partial charge in [0.05, 0.1) is 29.3 Å². The molecule has 0 spiro atoms. The Morgan fingerprint density at radius 3 is 2.56 bits per heavy atom. The van der Waals surface area contributed by atoms with Crippen molar-refractivity contribution in [1.29, 1.82) is 0 Å². The van der Waals surface area contributed by atoms with E-state index in [2.05, 4.69) is 4.98 Å². The molecule has 5 nitrogen and oxygen atoms in total. The second-order valence-corrected chi connectivity index (χ2v) is 6.97. The molecule has 2 aliphatic rings. The van der Waals surface area contributed by atoms with E-state index in [0.717, 1.165) is 48.6 Å². The summed E-state index contributed by atoms with van der Waals surface area (Å²) in [5, 5.41) is 0. The van der Waals surface area contributed by atoms with Crippen LogP contribution in [0.25, 0.3) is 16.9 Å². The van der Waals surface area contributed by atoms with E-state index in [4.69, 9.17) is 0 Å².